The number of rotatable bonds is 8. The number of amides is 1. The molecule has 0 aliphatic heterocycles. The molecule has 3 N–H and O–H groups in total. The van der Waals surface area contributed by atoms with Gasteiger partial charge in [-0.3, -0.25) is 4.79 Å². The topological polar surface area (TPSA) is 64.3 Å². The highest BCUT2D eigenvalue weighted by atomic mass is 16.5. The SMILES string of the molecule is CC(C)COc1ccccc1NC(=O)CCCCN. The first-order valence-corrected chi connectivity index (χ1v) is 6.85. The van der Waals surface area contributed by atoms with E-state index in [4.69, 9.17) is 10.5 Å². The maximum absolute atomic E-state index is 11.8. The van der Waals surface area contributed by atoms with Crippen molar-refractivity contribution in [2.45, 2.75) is 33.1 Å². The van der Waals surface area contributed by atoms with Crippen LogP contribution < -0.4 is 15.8 Å². The molecule has 1 rings (SSSR count). The quantitative estimate of drug-likeness (QED) is 0.710. The normalized spacial score (nSPS) is 10.5. The smallest absolute Gasteiger partial charge is 0.224 e. The third kappa shape index (κ3) is 6.25. The Morgan fingerprint density at radius 1 is 1.32 bits per heavy atom. The summed E-state index contributed by atoms with van der Waals surface area (Å²) in [4.78, 5) is 11.8. The molecular weight excluding hydrogens is 240 g/mol. The molecule has 0 saturated heterocycles. The number of nitrogens with one attached hydrogen (secondary N) is 1. The molecular formula is C15H24N2O2. The van der Waals surface area contributed by atoms with Gasteiger partial charge in [-0.15, -0.1) is 0 Å². The van der Waals surface area contributed by atoms with Crippen LogP contribution in [0.25, 0.3) is 0 Å². The summed E-state index contributed by atoms with van der Waals surface area (Å²) in [5.41, 5.74) is 6.14. The van der Waals surface area contributed by atoms with Crippen LogP contribution in [-0.4, -0.2) is 19.1 Å². The van der Waals surface area contributed by atoms with Gasteiger partial charge in [0.25, 0.3) is 0 Å². The first-order chi connectivity index (χ1) is 9.13. The molecule has 0 unspecified atom stereocenters. The largest absolute Gasteiger partial charge is 0.491 e. The number of carbonyl (C=O) groups is 1. The number of nitrogens with two attached hydrogens (primary N) is 1. The highest BCUT2D eigenvalue weighted by Crippen LogP contribution is 2.24. The molecule has 0 heterocycles. The molecule has 0 saturated carbocycles. The lowest BCUT2D eigenvalue weighted by molar-refractivity contribution is -0.116. The van der Waals surface area contributed by atoms with E-state index >= 15 is 0 Å². The molecule has 0 atom stereocenters. The molecule has 19 heavy (non-hydrogen) atoms. The maximum atomic E-state index is 11.8. The highest BCUT2D eigenvalue weighted by Gasteiger charge is 2.07. The lowest BCUT2D eigenvalue weighted by atomic mass is 10.2. The molecule has 1 aromatic carbocycles. The monoisotopic (exact) mass is 264 g/mol. The zero-order valence-electron chi connectivity index (χ0n) is 11.8. The second kappa shape index (κ2) is 8.53. The number of carbonyl (C=O) groups excluding carboxylic acids is 1. The molecule has 0 aliphatic rings. The third-order valence-corrected chi connectivity index (χ3v) is 2.59. The number of hydrogen-bond acceptors (Lipinski definition) is 3. The molecule has 0 spiro atoms. The second-order valence-electron chi connectivity index (χ2n) is 4.99. The van der Waals surface area contributed by atoms with Crippen LogP contribution in [0.1, 0.15) is 33.1 Å². The van der Waals surface area contributed by atoms with Gasteiger partial charge in [-0.25, -0.2) is 0 Å². The van der Waals surface area contributed by atoms with Gasteiger partial charge < -0.3 is 15.8 Å². The van der Waals surface area contributed by atoms with E-state index in [-0.39, 0.29) is 5.91 Å². The second-order valence-corrected chi connectivity index (χ2v) is 4.99. The van der Waals surface area contributed by atoms with Crippen molar-refractivity contribution in [2.24, 2.45) is 11.7 Å². The Balaban J connectivity index is 2.54. The molecule has 106 valence electrons. The Kier molecular flexibility index (Phi) is 6.97. The molecule has 1 aromatic rings. The zero-order chi connectivity index (χ0) is 14.1. The van der Waals surface area contributed by atoms with Crippen molar-refractivity contribution >= 4 is 11.6 Å². The summed E-state index contributed by atoms with van der Waals surface area (Å²) < 4.78 is 5.69. The van der Waals surface area contributed by atoms with Crippen molar-refractivity contribution in [2.75, 3.05) is 18.5 Å². The number of hydrogen-bond donors (Lipinski definition) is 2. The van der Waals surface area contributed by atoms with E-state index in [0.29, 0.717) is 25.5 Å². The lowest BCUT2D eigenvalue weighted by Gasteiger charge is -2.13. The predicted octanol–water partition coefficient (Wildman–Crippen LogP) is 2.79. The van der Waals surface area contributed by atoms with E-state index in [9.17, 15) is 4.79 Å². The van der Waals surface area contributed by atoms with Gasteiger partial charge in [0.1, 0.15) is 5.75 Å². The van der Waals surface area contributed by atoms with E-state index < -0.39 is 0 Å². The van der Waals surface area contributed by atoms with Crippen LogP contribution in [0.2, 0.25) is 0 Å². The Morgan fingerprint density at radius 2 is 2.05 bits per heavy atom. The molecule has 1 amide bonds. The fourth-order valence-electron chi connectivity index (χ4n) is 1.59. The third-order valence-electron chi connectivity index (χ3n) is 2.59. The van der Waals surface area contributed by atoms with Crippen molar-refractivity contribution < 1.29 is 9.53 Å². The number of anilines is 1. The van der Waals surface area contributed by atoms with E-state index in [1.165, 1.54) is 0 Å². The Labute approximate surface area is 115 Å². The molecule has 0 bridgehead atoms. The van der Waals surface area contributed by atoms with Crippen molar-refractivity contribution in [3.8, 4) is 5.75 Å². The van der Waals surface area contributed by atoms with Gasteiger partial charge in [0.2, 0.25) is 5.91 Å². The van der Waals surface area contributed by atoms with Gasteiger partial charge in [0.05, 0.1) is 12.3 Å². The van der Waals surface area contributed by atoms with Crippen LogP contribution in [-0.2, 0) is 4.79 Å². The van der Waals surface area contributed by atoms with E-state index in [1.54, 1.807) is 0 Å². The summed E-state index contributed by atoms with van der Waals surface area (Å²) >= 11 is 0. The van der Waals surface area contributed by atoms with Gasteiger partial charge in [-0.05, 0) is 37.4 Å². The maximum Gasteiger partial charge on any atom is 0.224 e. The average Bonchev–Trinajstić information content (AvgIpc) is 2.38. The standard InChI is InChI=1S/C15H24N2O2/c1-12(2)11-19-14-8-4-3-7-13(14)17-15(18)9-5-6-10-16/h3-4,7-8,12H,5-6,9-11,16H2,1-2H3,(H,17,18). The predicted molar refractivity (Wildman–Crippen MR) is 78.3 cm³/mol. The van der Waals surface area contributed by atoms with Crippen molar-refractivity contribution in [3.63, 3.8) is 0 Å². The lowest BCUT2D eigenvalue weighted by Crippen LogP contribution is -2.14. The first kappa shape index (κ1) is 15.5. The number of unbranched alkanes of at least 4 members (excludes halogenated alkanes) is 1. The number of benzene rings is 1. The van der Waals surface area contributed by atoms with Gasteiger partial charge in [-0.2, -0.15) is 0 Å². The number of ether oxygens (including phenoxy) is 1. The van der Waals surface area contributed by atoms with Crippen molar-refractivity contribution in [1.82, 2.24) is 0 Å². The van der Waals surface area contributed by atoms with Crippen molar-refractivity contribution in [3.05, 3.63) is 24.3 Å². The van der Waals surface area contributed by atoms with Gasteiger partial charge in [0.15, 0.2) is 0 Å². The van der Waals surface area contributed by atoms with Crippen LogP contribution in [0.4, 0.5) is 5.69 Å². The van der Waals surface area contributed by atoms with Crippen molar-refractivity contribution in [1.29, 1.82) is 0 Å². The fourth-order valence-corrected chi connectivity index (χ4v) is 1.59. The van der Waals surface area contributed by atoms with Crippen LogP contribution in [0.5, 0.6) is 5.75 Å². The molecule has 0 aliphatic carbocycles. The summed E-state index contributed by atoms with van der Waals surface area (Å²) in [6.45, 7) is 5.45. The van der Waals surface area contributed by atoms with E-state index in [2.05, 4.69) is 19.2 Å². The summed E-state index contributed by atoms with van der Waals surface area (Å²) in [6.07, 6.45) is 2.19. The Morgan fingerprint density at radius 3 is 2.74 bits per heavy atom. The summed E-state index contributed by atoms with van der Waals surface area (Å²) in [5.74, 6) is 1.19. The average molecular weight is 264 g/mol. The van der Waals surface area contributed by atoms with Crippen LogP contribution in [0, 0.1) is 5.92 Å². The fraction of sp³-hybridized carbons (Fsp3) is 0.533. The summed E-state index contributed by atoms with van der Waals surface area (Å²) in [7, 11) is 0. The molecule has 0 aromatic heterocycles. The molecule has 4 heteroatoms. The van der Waals surface area contributed by atoms with Gasteiger partial charge >= 0.3 is 0 Å². The summed E-state index contributed by atoms with van der Waals surface area (Å²) in [6, 6.07) is 7.52. The zero-order valence-corrected chi connectivity index (χ0v) is 11.8. The Hall–Kier alpha value is -1.55. The van der Waals surface area contributed by atoms with E-state index in [1.807, 2.05) is 24.3 Å². The van der Waals surface area contributed by atoms with Gasteiger partial charge in [0, 0.05) is 6.42 Å². The van der Waals surface area contributed by atoms with Crippen LogP contribution in [0.3, 0.4) is 0 Å². The molecule has 0 radical (unpaired) electrons. The van der Waals surface area contributed by atoms with Gasteiger partial charge in [-0.1, -0.05) is 26.0 Å². The number of para-hydroxylation sites is 2. The first-order valence-electron chi connectivity index (χ1n) is 6.85. The van der Waals surface area contributed by atoms with Crippen LogP contribution >= 0.6 is 0 Å². The van der Waals surface area contributed by atoms with E-state index in [0.717, 1.165) is 24.3 Å². The minimum Gasteiger partial charge on any atom is -0.491 e. The molecule has 4 nitrogen and oxygen atoms in total. The minimum atomic E-state index is 0.00838. The minimum absolute atomic E-state index is 0.00838. The molecule has 0 fully saturated rings. The Bertz CT molecular complexity index is 391. The summed E-state index contributed by atoms with van der Waals surface area (Å²) in [5, 5.41) is 2.89. The van der Waals surface area contributed by atoms with Crippen LogP contribution in [0.15, 0.2) is 24.3 Å². The highest BCUT2D eigenvalue weighted by molar-refractivity contribution is 5.92.